The third kappa shape index (κ3) is 2.28. The number of ether oxygens (including phenoxy) is 4. The molecule has 2 aliphatic rings. The van der Waals surface area contributed by atoms with E-state index in [0.29, 0.717) is 0 Å². The Morgan fingerprint density at radius 2 is 2.11 bits per heavy atom. The topological polar surface area (TPSA) is 103 Å². The zero-order valence-electron chi connectivity index (χ0n) is 10.4. The van der Waals surface area contributed by atoms with Gasteiger partial charge in [0.05, 0.1) is 19.8 Å². The average Bonchev–Trinajstić information content (AvgIpc) is 2.79. The summed E-state index contributed by atoms with van der Waals surface area (Å²) in [7, 11) is 1.28. The summed E-state index contributed by atoms with van der Waals surface area (Å²) in [6.07, 6.45) is -2.32. The van der Waals surface area contributed by atoms with Gasteiger partial charge in [-0.2, -0.15) is 0 Å². The van der Waals surface area contributed by atoms with Crippen LogP contribution >= 0.6 is 0 Å². The average molecular weight is 257 g/mol. The number of azide groups is 1. The molecule has 2 rings (SSSR count). The normalized spacial score (nSPS) is 36.8. The van der Waals surface area contributed by atoms with Crippen molar-refractivity contribution in [1.29, 1.82) is 0 Å². The van der Waals surface area contributed by atoms with Crippen LogP contribution in [0.4, 0.5) is 0 Å². The Bertz CT molecular complexity index is 393. The molecule has 0 N–H and O–H groups in total. The summed E-state index contributed by atoms with van der Waals surface area (Å²) in [5.41, 5.74) is 8.33. The van der Waals surface area contributed by atoms with E-state index in [-0.39, 0.29) is 6.54 Å². The van der Waals surface area contributed by atoms with Gasteiger partial charge in [0.1, 0.15) is 12.2 Å². The zero-order valence-corrected chi connectivity index (χ0v) is 10.4. The van der Waals surface area contributed by atoms with Crippen LogP contribution in [0.5, 0.6) is 0 Å². The van der Waals surface area contributed by atoms with E-state index in [2.05, 4.69) is 14.8 Å². The molecular formula is C10H15N3O5. The maximum Gasteiger partial charge on any atom is 0.337 e. The summed E-state index contributed by atoms with van der Waals surface area (Å²) >= 11 is 0. The highest BCUT2D eigenvalue weighted by atomic mass is 16.8. The Balaban J connectivity index is 2.17. The minimum absolute atomic E-state index is 0.0879. The van der Waals surface area contributed by atoms with Crippen molar-refractivity contribution in [3.8, 4) is 0 Å². The summed E-state index contributed by atoms with van der Waals surface area (Å²) in [5, 5.41) is 3.45. The van der Waals surface area contributed by atoms with Crippen LogP contribution in [0.2, 0.25) is 0 Å². The summed E-state index contributed by atoms with van der Waals surface area (Å²) in [6.45, 7) is 3.60. The molecule has 0 saturated carbocycles. The molecule has 2 fully saturated rings. The minimum atomic E-state index is -0.847. The van der Waals surface area contributed by atoms with Crippen LogP contribution in [0, 0.1) is 0 Å². The standard InChI is InChI=1S/C10H15N3O5/c1-10(2)17-6-5(4-12-13-11)16-8(7(6)18-10)9(14)15-3/h5-8H,4H2,1-3H3/t5-,6+,7+,8-/m1/s1. The second-order valence-corrected chi connectivity index (χ2v) is 4.60. The number of nitrogens with zero attached hydrogens (tertiary/aromatic N) is 3. The number of hydrogen-bond acceptors (Lipinski definition) is 6. The van der Waals surface area contributed by atoms with E-state index >= 15 is 0 Å². The summed E-state index contributed by atoms with van der Waals surface area (Å²) < 4.78 is 21.5. The predicted molar refractivity (Wildman–Crippen MR) is 58.5 cm³/mol. The number of esters is 1. The molecule has 0 aliphatic carbocycles. The first kappa shape index (κ1) is 13.1. The fourth-order valence-corrected chi connectivity index (χ4v) is 2.25. The van der Waals surface area contributed by atoms with Crippen LogP contribution < -0.4 is 0 Å². The Labute approximate surface area is 104 Å². The lowest BCUT2D eigenvalue weighted by Gasteiger charge is -2.22. The largest absolute Gasteiger partial charge is 0.467 e. The number of hydrogen-bond donors (Lipinski definition) is 0. The Morgan fingerprint density at radius 3 is 2.72 bits per heavy atom. The molecule has 0 amide bonds. The highest BCUT2D eigenvalue weighted by molar-refractivity contribution is 5.76. The molecule has 18 heavy (non-hydrogen) atoms. The molecule has 0 aromatic carbocycles. The van der Waals surface area contributed by atoms with E-state index in [9.17, 15) is 4.79 Å². The molecule has 2 saturated heterocycles. The molecule has 2 heterocycles. The third-order valence-electron chi connectivity index (χ3n) is 2.91. The number of methoxy groups -OCH3 is 1. The van der Waals surface area contributed by atoms with Crippen molar-refractivity contribution in [2.45, 2.75) is 44.1 Å². The van der Waals surface area contributed by atoms with Crippen molar-refractivity contribution in [2.75, 3.05) is 13.7 Å². The van der Waals surface area contributed by atoms with Gasteiger partial charge in [0, 0.05) is 4.91 Å². The molecule has 100 valence electrons. The molecule has 0 aromatic rings. The van der Waals surface area contributed by atoms with Gasteiger partial charge in [0.2, 0.25) is 0 Å². The lowest BCUT2D eigenvalue weighted by atomic mass is 10.1. The quantitative estimate of drug-likeness (QED) is 0.321. The number of carbonyl (C=O) groups is 1. The molecule has 0 aromatic heterocycles. The fourth-order valence-electron chi connectivity index (χ4n) is 2.25. The second-order valence-electron chi connectivity index (χ2n) is 4.60. The highest BCUT2D eigenvalue weighted by Gasteiger charge is 2.57. The molecule has 8 heteroatoms. The van der Waals surface area contributed by atoms with Gasteiger partial charge in [0.25, 0.3) is 0 Å². The van der Waals surface area contributed by atoms with Crippen molar-refractivity contribution in [3.05, 3.63) is 10.4 Å². The van der Waals surface area contributed by atoms with E-state index in [4.69, 9.17) is 19.7 Å². The van der Waals surface area contributed by atoms with E-state index in [1.165, 1.54) is 7.11 Å². The minimum Gasteiger partial charge on any atom is -0.467 e. The highest BCUT2D eigenvalue weighted by Crippen LogP contribution is 2.39. The van der Waals surface area contributed by atoms with Gasteiger partial charge >= 0.3 is 5.97 Å². The molecule has 0 unspecified atom stereocenters. The number of fused-ring (bicyclic) bond motifs is 1. The molecule has 0 radical (unpaired) electrons. The first-order valence-electron chi connectivity index (χ1n) is 5.58. The van der Waals surface area contributed by atoms with Gasteiger partial charge in [-0.05, 0) is 19.4 Å². The van der Waals surface area contributed by atoms with Crippen LogP contribution in [0.25, 0.3) is 10.4 Å². The van der Waals surface area contributed by atoms with Crippen molar-refractivity contribution < 1.29 is 23.7 Å². The Morgan fingerprint density at radius 1 is 1.44 bits per heavy atom. The summed E-state index contributed by atoms with van der Waals surface area (Å²) in [5.74, 6) is -1.31. The SMILES string of the molecule is COC(=O)[C@@H]1O[C@H](CN=[N+]=[N-])[C@@H]2OC(C)(C)O[C@@H]21. The number of carbonyl (C=O) groups excluding carboxylic acids is 1. The molecule has 4 atom stereocenters. The Hall–Kier alpha value is -1.34. The van der Waals surface area contributed by atoms with E-state index < -0.39 is 36.2 Å². The summed E-state index contributed by atoms with van der Waals surface area (Å²) in [4.78, 5) is 14.3. The number of rotatable bonds is 3. The molecule has 0 spiro atoms. The first-order valence-corrected chi connectivity index (χ1v) is 5.58. The molecule has 8 nitrogen and oxygen atoms in total. The van der Waals surface area contributed by atoms with Crippen molar-refractivity contribution in [1.82, 2.24) is 0 Å². The summed E-state index contributed by atoms with van der Waals surface area (Å²) in [6, 6.07) is 0. The molecular weight excluding hydrogens is 242 g/mol. The van der Waals surface area contributed by atoms with Crippen molar-refractivity contribution in [2.24, 2.45) is 5.11 Å². The van der Waals surface area contributed by atoms with Crippen LogP contribution in [0.1, 0.15) is 13.8 Å². The van der Waals surface area contributed by atoms with Gasteiger partial charge in [-0.25, -0.2) is 4.79 Å². The van der Waals surface area contributed by atoms with E-state index in [1.54, 1.807) is 13.8 Å². The fraction of sp³-hybridized carbons (Fsp3) is 0.900. The molecule has 0 bridgehead atoms. The van der Waals surface area contributed by atoms with Crippen LogP contribution in [0.3, 0.4) is 0 Å². The van der Waals surface area contributed by atoms with E-state index in [0.717, 1.165) is 0 Å². The zero-order chi connectivity index (χ0) is 13.3. The lowest BCUT2D eigenvalue weighted by Crippen LogP contribution is -2.36. The van der Waals surface area contributed by atoms with Gasteiger partial charge in [0.15, 0.2) is 11.9 Å². The maximum absolute atomic E-state index is 11.6. The monoisotopic (exact) mass is 257 g/mol. The van der Waals surface area contributed by atoms with Crippen LogP contribution in [-0.4, -0.2) is 49.8 Å². The first-order chi connectivity index (χ1) is 8.48. The Kier molecular flexibility index (Phi) is 3.45. The van der Waals surface area contributed by atoms with Gasteiger partial charge in [-0.15, -0.1) is 0 Å². The smallest absolute Gasteiger partial charge is 0.337 e. The van der Waals surface area contributed by atoms with Gasteiger partial charge in [-0.3, -0.25) is 0 Å². The van der Waals surface area contributed by atoms with Crippen molar-refractivity contribution >= 4 is 5.97 Å². The maximum atomic E-state index is 11.6. The third-order valence-corrected chi connectivity index (χ3v) is 2.91. The lowest BCUT2D eigenvalue weighted by molar-refractivity contribution is -0.194. The van der Waals surface area contributed by atoms with Crippen LogP contribution in [0.15, 0.2) is 5.11 Å². The predicted octanol–water partition coefficient (Wildman–Crippen LogP) is 0.757. The van der Waals surface area contributed by atoms with Gasteiger partial charge in [-0.1, -0.05) is 5.11 Å². The molecule has 2 aliphatic heterocycles. The van der Waals surface area contributed by atoms with Crippen LogP contribution in [-0.2, 0) is 23.7 Å². The van der Waals surface area contributed by atoms with E-state index in [1.807, 2.05) is 0 Å². The van der Waals surface area contributed by atoms with Crippen molar-refractivity contribution in [3.63, 3.8) is 0 Å². The van der Waals surface area contributed by atoms with Gasteiger partial charge < -0.3 is 18.9 Å². The second kappa shape index (κ2) is 4.74.